The molecule has 0 aliphatic rings. The van der Waals surface area contributed by atoms with Crippen LogP contribution in [0.4, 0.5) is 0 Å². The van der Waals surface area contributed by atoms with Crippen LogP contribution < -0.4 is 11.3 Å². The van der Waals surface area contributed by atoms with E-state index in [2.05, 4.69) is 49.6 Å². The summed E-state index contributed by atoms with van der Waals surface area (Å²) in [5, 5.41) is 0.799. The van der Waals surface area contributed by atoms with Crippen molar-refractivity contribution in [2.24, 2.45) is 5.84 Å². The molecular formula is C18H23ClN2. The van der Waals surface area contributed by atoms with Crippen LogP contribution in [0.25, 0.3) is 0 Å². The van der Waals surface area contributed by atoms with Crippen molar-refractivity contribution < 1.29 is 0 Å². The second-order valence-corrected chi connectivity index (χ2v) is 6.17. The number of hydrogen-bond donors (Lipinski definition) is 2. The van der Waals surface area contributed by atoms with Gasteiger partial charge in [-0.15, -0.1) is 0 Å². The van der Waals surface area contributed by atoms with Gasteiger partial charge in [0.05, 0.1) is 0 Å². The molecule has 0 saturated carbocycles. The molecule has 0 radical (unpaired) electrons. The van der Waals surface area contributed by atoms with E-state index in [-0.39, 0.29) is 6.04 Å². The predicted molar refractivity (Wildman–Crippen MR) is 90.5 cm³/mol. The normalized spacial score (nSPS) is 12.6. The van der Waals surface area contributed by atoms with Gasteiger partial charge in [-0.1, -0.05) is 67.9 Å². The lowest BCUT2D eigenvalue weighted by Crippen LogP contribution is -2.38. The van der Waals surface area contributed by atoms with Crippen molar-refractivity contribution in [1.29, 1.82) is 0 Å². The topological polar surface area (TPSA) is 38.0 Å². The molecule has 0 saturated heterocycles. The van der Waals surface area contributed by atoms with Crippen molar-refractivity contribution in [2.75, 3.05) is 0 Å². The van der Waals surface area contributed by atoms with E-state index in [1.54, 1.807) is 0 Å². The van der Waals surface area contributed by atoms with Gasteiger partial charge < -0.3 is 0 Å². The quantitative estimate of drug-likeness (QED) is 0.623. The van der Waals surface area contributed by atoms with Gasteiger partial charge in [0.2, 0.25) is 0 Å². The first-order chi connectivity index (χ1) is 10.1. The Morgan fingerprint density at radius 2 is 1.67 bits per heavy atom. The summed E-state index contributed by atoms with van der Waals surface area (Å²) in [4.78, 5) is 0. The summed E-state index contributed by atoms with van der Waals surface area (Å²) in [5.41, 5.74) is 6.68. The first-order valence-corrected chi connectivity index (χ1v) is 7.76. The maximum absolute atomic E-state index is 6.22. The van der Waals surface area contributed by atoms with Gasteiger partial charge in [-0.05, 0) is 41.5 Å². The summed E-state index contributed by atoms with van der Waals surface area (Å²) in [6.07, 6.45) is 1.71. The molecule has 2 rings (SSSR count). The Balaban J connectivity index is 2.03. The molecule has 3 heteroatoms. The molecule has 21 heavy (non-hydrogen) atoms. The molecule has 1 unspecified atom stereocenters. The van der Waals surface area contributed by atoms with Crippen LogP contribution in [0.1, 0.15) is 36.5 Å². The number of hydrazine groups is 1. The van der Waals surface area contributed by atoms with Crippen LogP contribution >= 0.6 is 11.6 Å². The van der Waals surface area contributed by atoms with Crippen molar-refractivity contribution in [3.63, 3.8) is 0 Å². The first kappa shape index (κ1) is 16.0. The zero-order valence-electron chi connectivity index (χ0n) is 12.6. The maximum Gasteiger partial charge on any atom is 0.0438 e. The molecular weight excluding hydrogens is 280 g/mol. The summed E-state index contributed by atoms with van der Waals surface area (Å²) in [7, 11) is 0. The van der Waals surface area contributed by atoms with Crippen LogP contribution in [0.5, 0.6) is 0 Å². The van der Waals surface area contributed by atoms with E-state index in [9.17, 15) is 0 Å². The zero-order chi connectivity index (χ0) is 15.2. The van der Waals surface area contributed by atoms with E-state index in [1.165, 1.54) is 11.1 Å². The fourth-order valence-electron chi connectivity index (χ4n) is 2.44. The molecule has 0 aliphatic carbocycles. The van der Waals surface area contributed by atoms with E-state index in [1.807, 2.05) is 18.2 Å². The van der Waals surface area contributed by atoms with Crippen molar-refractivity contribution in [1.82, 2.24) is 5.43 Å². The smallest absolute Gasteiger partial charge is 0.0438 e. The summed E-state index contributed by atoms with van der Waals surface area (Å²) >= 11 is 6.22. The van der Waals surface area contributed by atoms with Crippen LogP contribution in [0.3, 0.4) is 0 Å². The second-order valence-electron chi connectivity index (χ2n) is 5.76. The maximum atomic E-state index is 6.22. The summed E-state index contributed by atoms with van der Waals surface area (Å²) in [6.45, 7) is 4.41. The Hall–Kier alpha value is -1.35. The Kier molecular flexibility index (Phi) is 5.80. The van der Waals surface area contributed by atoms with Crippen LogP contribution in [0.15, 0.2) is 48.5 Å². The van der Waals surface area contributed by atoms with Crippen LogP contribution in [0.2, 0.25) is 5.02 Å². The Labute approximate surface area is 132 Å². The standard InChI is InChI=1S/C18H23ClN2/c1-13(2)15-9-7-14(8-10-15)11-17(21-20)12-16-5-3-4-6-18(16)19/h3-10,13,17,21H,11-12,20H2,1-2H3. The minimum Gasteiger partial charge on any atom is -0.271 e. The number of nitrogens with one attached hydrogen (secondary N) is 1. The Morgan fingerprint density at radius 1 is 1.00 bits per heavy atom. The van der Waals surface area contributed by atoms with Crippen LogP contribution in [0, 0.1) is 0 Å². The molecule has 2 aromatic carbocycles. The monoisotopic (exact) mass is 302 g/mol. The highest BCUT2D eigenvalue weighted by atomic mass is 35.5. The van der Waals surface area contributed by atoms with Gasteiger partial charge in [0.25, 0.3) is 0 Å². The fourth-order valence-corrected chi connectivity index (χ4v) is 2.66. The molecule has 0 bridgehead atoms. The van der Waals surface area contributed by atoms with Gasteiger partial charge in [0, 0.05) is 11.1 Å². The lowest BCUT2D eigenvalue weighted by atomic mass is 9.96. The van der Waals surface area contributed by atoms with Gasteiger partial charge in [-0.2, -0.15) is 0 Å². The van der Waals surface area contributed by atoms with E-state index >= 15 is 0 Å². The van der Waals surface area contributed by atoms with Gasteiger partial charge in [-0.3, -0.25) is 11.3 Å². The molecule has 112 valence electrons. The summed E-state index contributed by atoms with van der Waals surface area (Å²) in [6, 6.07) is 16.9. The summed E-state index contributed by atoms with van der Waals surface area (Å²) < 4.78 is 0. The number of hydrogen-bond acceptors (Lipinski definition) is 2. The Bertz CT molecular complexity index is 564. The molecule has 2 aromatic rings. The van der Waals surface area contributed by atoms with E-state index in [0.29, 0.717) is 5.92 Å². The zero-order valence-corrected chi connectivity index (χ0v) is 13.4. The van der Waals surface area contributed by atoms with Gasteiger partial charge in [0.15, 0.2) is 0 Å². The van der Waals surface area contributed by atoms with E-state index < -0.39 is 0 Å². The first-order valence-electron chi connectivity index (χ1n) is 7.38. The summed E-state index contributed by atoms with van der Waals surface area (Å²) in [5.74, 6) is 6.26. The second kappa shape index (κ2) is 7.60. The van der Waals surface area contributed by atoms with Crippen molar-refractivity contribution in [3.05, 3.63) is 70.2 Å². The lowest BCUT2D eigenvalue weighted by Gasteiger charge is -2.17. The third-order valence-electron chi connectivity index (χ3n) is 3.79. The molecule has 3 N–H and O–H groups in total. The number of halogens is 1. The highest BCUT2D eigenvalue weighted by Crippen LogP contribution is 2.19. The average Bonchev–Trinajstić information content (AvgIpc) is 2.49. The molecule has 0 aliphatic heterocycles. The largest absolute Gasteiger partial charge is 0.271 e. The fraction of sp³-hybridized carbons (Fsp3) is 0.333. The third-order valence-corrected chi connectivity index (χ3v) is 4.16. The molecule has 0 fully saturated rings. The number of benzene rings is 2. The number of rotatable bonds is 6. The minimum atomic E-state index is 0.176. The van der Waals surface area contributed by atoms with E-state index in [0.717, 1.165) is 23.4 Å². The van der Waals surface area contributed by atoms with Crippen LogP contribution in [-0.2, 0) is 12.8 Å². The Morgan fingerprint density at radius 3 is 2.24 bits per heavy atom. The van der Waals surface area contributed by atoms with Crippen molar-refractivity contribution in [3.8, 4) is 0 Å². The highest BCUT2D eigenvalue weighted by molar-refractivity contribution is 6.31. The van der Waals surface area contributed by atoms with Crippen molar-refractivity contribution >= 4 is 11.6 Å². The highest BCUT2D eigenvalue weighted by Gasteiger charge is 2.11. The third kappa shape index (κ3) is 4.57. The molecule has 1 atom stereocenters. The minimum absolute atomic E-state index is 0.176. The average molecular weight is 303 g/mol. The van der Waals surface area contributed by atoms with Gasteiger partial charge >= 0.3 is 0 Å². The molecule has 0 amide bonds. The predicted octanol–water partition coefficient (Wildman–Crippen LogP) is 4.08. The van der Waals surface area contributed by atoms with E-state index in [4.69, 9.17) is 17.4 Å². The van der Waals surface area contributed by atoms with Gasteiger partial charge in [-0.25, -0.2) is 0 Å². The van der Waals surface area contributed by atoms with Crippen LogP contribution in [-0.4, -0.2) is 6.04 Å². The molecule has 0 spiro atoms. The lowest BCUT2D eigenvalue weighted by molar-refractivity contribution is 0.522. The van der Waals surface area contributed by atoms with Crippen molar-refractivity contribution in [2.45, 2.75) is 38.6 Å². The molecule has 0 aromatic heterocycles. The SMILES string of the molecule is CC(C)c1ccc(CC(Cc2ccccc2Cl)NN)cc1. The number of nitrogens with two attached hydrogens (primary N) is 1. The molecule has 0 heterocycles. The molecule has 2 nitrogen and oxygen atoms in total. The van der Waals surface area contributed by atoms with Gasteiger partial charge in [0.1, 0.15) is 0 Å².